The van der Waals surface area contributed by atoms with Gasteiger partial charge in [0.05, 0.1) is 12.8 Å². The largest absolute Gasteiger partial charge is 0.495 e. The van der Waals surface area contributed by atoms with Crippen molar-refractivity contribution in [3.8, 4) is 11.8 Å². The molecule has 0 saturated heterocycles. The molecule has 0 saturated carbocycles. The van der Waals surface area contributed by atoms with Crippen LogP contribution in [0, 0.1) is 18.3 Å². The number of ether oxygens (including phenoxy) is 1. The first-order valence-corrected chi connectivity index (χ1v) is 8.17. The van der Waals surface area contributed by atoms with Crippen molar-refractivity contribution in [2.24, 2.45) is 0 Å². The van der Waals surface area contributed by atoms with Crippen LogP contribution < -0.4 is 21.3 Å². The molecule has 0 atom stereocenters. The lowest BCUT2D eigenvalue weighted by atomic mass is 10.2. The summed E-state index contributed by atoms with van der Waals surface area (Å²) in [7, 11) is 1.48. The first-order chi connectivity index (χ1) is 12.5. The van der Waals surface area contributed by atoms with E-state index in [1.807, 2.05) is 19.1 Å². The minimum atomic E-state index is -0.725. The second-order valence-electron chi connectivity index (χ2n) is 6.11. The molecule has 0 unspecified atom stereocenters. The van der Waals surface area contributed by atoms with Gasteiger partial charge in [-0.3, -0.25) is 14.2 Å². The minimum Gasteiger partial charge on any atom is -0.495 e. The summed E-state index contributed by atoms with van der Waals surface area (Å²) in [4.78, 5) is 37.4. The Bertz CT molecular complexity index is 1040. The standard InChI is InChI=1S/C18H18N4O4/c1-11-5-6-15(26-2)13(8-11)20-16(23)10-22-17(24)12(9-19)14-4-3-7-21(14)18(22)25/h5-6,8H,3-4,7,10H2,1-2H3,(H,20,23). The summed E-state index contributed by atoms with van der Waals surface area (Å²) in [6.45, 7) is 1.84. The fraction of sp³-hybridized carbons (Fsp3) is 0.333. The third-order valence-electron chi connectivity index (χ3n) is 4.37. The van der Waals surface area contributed by atoms with Crippen molar-refractivity contribution in [1.29, 1.82) is 5.26 Å². The van der Waals surface area contributed by atoms with Crippen LogP contribution >= 0.6 is 0 Å². The number of anilines is 1. The normalized spacial score (nSPS) is 12.3. The van der Waals surface area contributed by atoms with E-state index < -0.39 is 23.7 Å². The van der Waals surface area contributed by atoms with Crippen molar-refractivity contribution in [1.82, 2.24) is 9.13 Å². The molecule has 3 rings (SSSR count). The molecule has 2 heterocycles. The van der Waals surface area contributed by atoms with Crippen LogP contribution in [-0.2, 0) is 24.3 Å². The Morgan fingerprint density at radius 2 is 2.15 bits per heavy atom. The van der Waals surface area contributed by atoms with E-state index in [1.165, 1.54) is 11.7 Å². The Hall–Kier alpha value is -3.34. The molecule has 0 fully saturated rings. The molecular formula is C18H18N4O4. The summed E-state index contributed by atoms with van der Waals surface area (Å²) in [6, 6.07) is 7.15. The lowest BCUT2D eigenvalue weighted by Gasteiger charge is -2.13. The van der Waals surface area contributed by atoms with Crippen molar-refractivity contribution in [3.05, 3.63) is 55.9 Å². The molecule has 8 heteroatoms. The first kappa shape index (κ1) is 17.5. The zero-order valence-corrected chi connectivity index (χ0v) is 14.5. The Labute approximate surface area is 149 Å². The van der Waals surface area contributed by atoms with Crippen molar-refractivity contribution < 1.29 is 9.53 Å². The topological polar surface area (TPSA) is 106 Å². The maximum Gasteiger partial charge on any atom is 0.331 e. The van der Waals surface area contributed by atoms with Crippen molar-refractivity contribution in [2.45, 2.75) is 32.9 Å². The Morgan fingerprint density at radius 3 is 2.85 bits per heavy atom. The summed E-state index contributed by atoms with van der Waals surface area (Å²) in [5.74, 6) is -0.0739. The molecule has 0 aliphatic carbocycles. The number of benzene rings is 1. The summed E-state index contributed by atoms with van der Waals surface area (Å²) >= 11 is 0. The molecule has 0 spiro atoms. The Balaban J connectivity index is 1.94. The van der Waals surface area contributed by atoms with Gasteiger partial charge in [0, 0.05) is 12.2 Å². The van der Waals surface area contributed by atoms with Gasteiger partial charge in [-0.2, -0.15) is 5.26 Å². The highest BCUT2D eigenvalue weighted by atomic mass is 16.5. The zero-order valence-electron chi connectivity index (χ0n) is 14.5. The van der Waals surface area contributed by atoms with Gasteiger partial charge in [0.1, 0.15) is 23.9 Å². The molecule has 1 aromatic carbocycles. The molecule has 1 aromatic heterocycles. The van der Waals surface area contributed by atoms with E-state index in [0.717, 1.165) is 10.1 Å². The number of aromatic nitrogens is 2. The van der Waals surface area contributed by atoms with Gasteiger partial charge in [0.25, 0.3) is 5.56 Å². The number of hydrogen-bond donors (Lipinski definition) is 1. The van der Waals surface area contributed by atoms with Gasteiger partial charge in [-0.25, -0.2) is 9.36 Å². The van der Waals surface area contributed by atoms with Gasteiger partial charge >= 0.3 is 5.69 Å². The van der Waals surface area contributed by atoms with Crippen LogP contribution in [-0.4, -0.2) is 22.2 Å². The van der Waals surface area contributed by atoms with Gasteiger partial charge in [-0.05, 0) is 37.5 Å². The van der Waals surface area contributed by atoms with Crippen molar-refractivity contribution in [3.63, 3.8) is 0 Å². The number of methoxy groups -OCH3 is 1. The van der Waals surface area contributed by atoms with Crippen LogP contribution in [0.2, 0.25) is 0 Å². The summed E-state index contributed by atoms with van der Waals surface area (Å²) in [5.41, 5.74) is 0.474. The number of nitrogens with one attached hydrogen (secondary N) is 1. The highest BCUT2D eigenvalue weighted by Crippen LogP contribution is 2.25. The average molecular weight is 354 g/mol. The number of nitriles is 1. The number of carbonyl (C=O) groups is 1. The van der Waals surface area contributed by atoms with Gasteiger partial charge in [-0.15, -0.1) is 0 Å². The minimum absolute atomic E-state index is 0.0666. The molecule has 8 nitrogen and oxygen atoms in total. The molecule has 1 aliphatic heterocycles. The fourth-order valence-electron chi connectivity index (χ4n) is 3.14. The molecule has 134 valence electrons. The maximum absolute atomic E-state index is 12.5. The number of carbonyl (C=O) groups excluding carboxylic acids is 1. The molecule has 1 N–H and O–H groups in total. The van der Waals surface area contributed by atoms with Crippen LogP contribution in [0.1, 0.15) is 23.2 Å². The average Bonchev–Trinajstić information content (AvgIpc) is 3.09. The lowest BCUT2D eigenvalue weighted by molar-refractivity contribution is -0.116. The van der Waals surface area contributed by atoms with E-state index >= 15 is 0 Å². The van der Waals surface area contributed by atoms with E-state index in [0.29, 0.717) is 36.5 Å². The quantitative estimate of drug-likeness (QED) is 0.873. The van der Waals surface area contributed by atoms with Crippen LogP contribution in [0.3, 0.4) is 0 Å². The third-order valence-corrected chi connectivity index (χ3v) is 4.37. The third kappa shape index (κ3) is 2.99. The summed E-state index contributed by atoms with van der Waals surface area (Å²) in [6.07, 6.45) is 1.21. The number of rotatable bonds is 4. The number of fused-ring (bicyclic) bond motifs is 1. The van der Waals surface area contributed by atoms with E-state index in [4.69, 9.17) is 4.74 Å². The van der Waals surface area contributed by atoms with Crippen LogP contribution in [0.15, 0.2) is 27.8 Å². The van der Waals surface area contributed by atoms with Crippen molar-refractivity contribution >= 4 is 11.6 Å². The van der Waals surface area contributed by atoms with E-state index in [-0.39, 0.29) is 5.56 Å². The SMILES string of the molecule is COc1ccc(C)cc1NC(=O)Cn1c(=O)c(C#N)c2n(c1=O)CCC2. The zero-order chi connectivity index (χ0) is 18.8. The highest BCUT2D eigenvalue weighted by molar-refractivity contribution is 5.92. The molecular weight excluding hydrogens is 336 g/mol. The van der Waals surface area contributed by atoms with E-state index in [1.54, 1.807) is 12.1 Å². The first-order valence-electron chi connectivity index (χ1n) is 8.17. The Kier molecular flexibility index (Phi) is 4.63. The van der Waals surface area contributed by atoms with E-state index in [9.17, 15) is 19.6 Å². The molecule has 1 aliphatic rings. The van der Waals surface area contributed by atoms with Gasteiger partial charge < -0.3 is 10.1 Å². The summed E-state index contributed by atoms with van der Waals surface area (Å²) in [5, 5.41) is 11.9. The molecule has 26 heavy (non-hydrogen) atoms. The van der Waals surface area contributed by atoms with Crippen molar-refractivity contribution in [2.75, 3.05) is 12.4 Å². The molecule has 1 amide bonds. The smallest absolute Gasteiger partial charge is 0.331 e. The highest BCUT2D eigenvalue weighted by Gasteiger charge is 2.23. The number of nitrogens with zero attached hydrogens (tertiary/aromatic N) is 3. The number of hydrogen-bond acceptors (Lipinski definition) is 5. The summed E-state index contributed by atoms with van der Waals surface area (Å²) < 4.78 is 7.42. The van der Waals surface area contributed by atoms with Crippen LogP contribution in [0.4, 0.5) is 5.69 Å². The van der Waals surface area contributed by atoms with E-state index in [2.05, 4.69) is 5.32 Å². The van der Waals surface area contributed by atoms with Gasteiger partial charge in [-0.1, -0.05) is 6.07 Å². The monoisotopic (exact) mass is 354 g/mol. The fourth-order valence-corrected chi connectivity index (χ4v) is 3.14. The van der Waals surface area contributed by atoms with Gasteiger partial charge in [0.2, 0.25) is 5.91 Å². The van der Waals surface area contributed by atoms with Crippen LogP contribution in [0.5, 0.6) is 5.75 Å². The lowest BCUT2D eigenvalue weighted by Crippen LogP contribution is -2.44. The predicted octanol–water partition coefficient (Wildman–Crippen LogP) is 0.784. The molecule has 2 aromatic rings. The van der Waals surface area contributed by atoms with Gasteiger partial charge in [0.15, 0.2) is 0 Å². The Morgan fingerprint density at radius 1 is 1.38 bits per heavy atom. The second-order valence-corrected chi connectivity index (χ2v) is 6.11. The predicted molar refractivity (Wildman–Crippen MR) is 94.4 cm³/mol. The second kappa shape index (κ2) is 6.88. The molecule has 0 bridgehead atoms. The number of amides is 1. The van der Waals surface area contributed by atoms with Crippen LogP contribution in [0.25, 0.3) is 0 Å². The molecule has 0 radical (unpaired) electrons. The maximum atomic E-state index is 12.5. The number of aryl methyl sites for hydroxylation is 1.